The molecule has 5 heteroatoms. The molecule has 0 aromatic heterocycles. The molecule has 2 rings (SSSR count). The Kier molecular flexibility index (Phi) is 3.40. The minimum Gasteiger partial charge on any atom is -0.326 e. The molecule has 1 aromatic rings. The number of nitrogens with one attached hydrogen (secondary N) is 1. The number of piperidine rings is 1. The first-order valence-corrected chi connectivity index (χ1v) is 5.62. The molecule has 0 spiro atoms. The molecule has 94 valence electrons. The Morgan fingerprint density at radius 3 is 2.35 bits per heavy atom. The first kappa shape index (κ1) is 12.4. The lowest BCUT2D eigenvalue weighted by Crippen LogP contribution is -2.44. The molecular formula is C12H15F3N2. The van der Waals surface area contributed by atoms with Gasteiger partial charge in [-0.1, -0.05) is 12.1 Å². The highest BCUT2D eigenvalue weighted by molar-refractivity contribution is 5.28. The molecule has 1 aliphatic heterocycles. The highest BCUT2D eigenvalue weighted by Gasteiger charge is 2.31. The van der Waals surface area contributed by atoms with E-state index >= 15 is 0 Å². The Morgan fingerprint density at radius 1 is 1.18 bits per heavy atom. The maximum Gasteiger partial charge on any atom is 0.416 e. The molecule has 0 amide bonds. The highest BCUT2D eigenvalue weighted by Crippen LogP contribution is 2.31. The van der Waals surface area contributed by atoms with Crippen molar-refractivity contribution in [1.29, 1.82) is 0 Å². The molecule has 1 aromatic carbocycles. The van der Waals surface area contributed by atoms with E-state index < -0.39 is 11.7 Å². The van der Waals surface area contributed by atoms with Gasteiger partial charge < -0.3 is 11.1 Å². The van der Waals surface area contributed by atoms with Crippen LogP contribution in [0.25, 0.3) is 0 Å². The van der Waals surface area contributed by atoms with Gasteiger partial charge in [0.25, 0.3) is 0 Å². The minimum atomic E-state index is -4.27. The van der Waals surface area contributed by atoms with Crippen molar-refractivity contribution in [1.82, 2.24) is 5.32 Å². The molecule has 1 fully saturated rings. The van der Waals surface area contributed by atoms with Crippen LogP contribution in [0.3, 0.4) is 0 Å². The standard InChI is InChI=1S/C12H15F3N2/c13-12(14,15)9-3-1-8(2-4-9)10-5-6-17-7-11(10)16/h1-4,10-11,17H,5-7,16H2/t10-,11-/m1/s1. The molecule has 0 radical (unpaired) electrons. The van der Waals surface area contributed by atoms with Crippen LogP contribution in [-0.2, 0) is 6.18 Å². The summed E-state index contributed by atoms with van der Waals surface area (Å²) >= 11 is 0. The van der Waals surface area contributed by atoms with Gasteiger partial charge >= 0.3 is 6.18 Å². The summed E-state index contributed by atoms with van der Waals surface area (Å²) in [6.45, 7) is 1.57. The van der Waals surface area contributed by atoms with Crippen molar-refractivity contribution in [3.05, 3.63) is 35.4 Å². The predicted octanol–water partition coefficient (Wildman–Crippen LogP) is 2.11. The van der Waals surface area contributed by atoms with Crippen molar-refractivity contribution in [3.63, 3.8) is 0 Å². The molecule has 2 atom stereocenters. The SMILES string of the molecule is N[C@@H]1CNCC[C@@H]1c1ccc(C(F)(F)F)cc1. The van der Waals surface area contributed by atoms with Crippen LogP contribution in [0, 0.1) is 0 Å². The van der Waals surface area contributed by atoms with E-state index in [0.717, 1.165) is 30.7 Å². The lowest BCUT2D eigenvalue weighted by Gasteiger charge is -2.29. The van der Waals surface area contributed by atoms with Gasteiger partial charge in [0.15, 0.2) is 0 Å². The molecule has 0 saturated carbocycles. The summed E-state index contributed by atoms with van der Waals surface area (Å²) in [7, 11) is 0. The van der Waals surface area contributed by atoms with Crippen molar-refractivity contribution in [2.75, 3.05) is 13.1 Å². The van der Waals surface area contributed by atoms with Gasteiger partial charge in [0.1, 0.15) is 0 Å². The van der Waals surface area contributed by atoms with E-state index in [1.165, 1.54) is 0 Å². The van der Waals surface area contributed by atoms with Crippen LogP contribution >= 0.6 is 0 Å². The smallest absolute Gasteiger partial charge is 0.326 e. The fourth-order valence-corrected chi connectivity index (χ4v) is 2.22. The van der Waals surface area contributed by atoms with Crippen LogP contribution in [-0.4, -0.2) is 19.1 Å². The molecule has 0 bridgehead atoms. The van der Waals surface area contributed by atoms with Gasteiger partial charge in [0, 0.05) is 18.5 Å². The topological polar surface area (TPSA) is 38.0 Å². The van der Waals surface area contributed by atoms with Crippen molar-refractivity contribution in [2.24, 2.45) is 5.73 Å². The average Bonchev–Trinajstić information content (AvgIpc) is 2.29. The average molecular weight is 244 g/mol. The Labute approximate surface area is 98.0 Å². The summed E-state index contributed by atoms with van der Waals surface area (Å²) in [5.74, 6) is 0.151. The van der Waals surface area contributed by atoms with Crippen molar-refractivity contribution in [3.8, 4) is 0 Å². The fourth-order valence-electron chi connectivity index (χ4n) is 2.22. The second-order valence-corrected chi connectivity index (χ2v) is 4.38. The number of halogens is 3. The van der Waals surface area contributed by atoms with Gasteiger partial charge in [-0.15, -0.1) is 0 Å². The Hall–Kier alpha value is -1.07. The predicted molar refractivity (Wildman–Crippen MR) is 59.6 cm³/mol. The van der Waals surface area contributed by atoms with Gasteiger partial charge in [0.2, 0.25) is 0 Å². The van der Waals surface area contributed by atoms with E-state index in [9.17, 15) is 13.2 Å². The van der Waals surface area contributed by atoms with Crippen LogP contribution < -0.4 is 11.1 Å². The van der Waals surface area contributed by atoms with E-state index in [2.05, 4.69) is 5.32 Å². The number of benzene rings is 1. The summed E-state index contributed by atoms with van der Waals surface area (Å²) in [5.41, 5.74) is 6.24. The summed E-state index contributed by atoms with van der Waals surface area (Å²) in [6, 6.07) is 5.31. The van der Waals surface area contributed by atoms with Crippen LogP contribution in [0.5, 0.6) is 0 Å². The highest BCUT2D eigenvalue weighted by atomic mass is 19.4. The molecular weight excluding hydrogens is 229 g/mol. The van der Waals surface area contributed by atoms with Crippen molar-refractivity contribution in [2.45, 2.75) is 24.6 Å². The summed E-state index contributed by atoms with van der Waals surface area (Å²) in [6.07, 6.45) is -3.40. The van der Waals surface area contributed by atoms with E-state index in [0.29, 0.717) is 6.54 Å². The second kappa shape index (κ2) is 4.66. The minimum absolute atomic E-state index is 0.0273. The second-order valence-electron chi connectivity index (χ2n) is 4.38. The Morgan fingerprint density at radius 2 is 1.82 bits per heavy atom. The monoisotopic (exact) mass is 244 g/mol. The largest absolute Gasteiger partial charge is 0.416 e. The van der Waals surface area contributed by atoms with E-state index in [-0.39, 0.29) is 12.0 Å². The third-order valence-corrected chi connectivity index (χ3v) is 3.20. The van der Waals surface area contributed by atoms with Gasteiger partial charge in [-0.25, -0.2) is 0 Å². The van der Waals surface area contributed by atoms with E-state index in [4.69, 9.17) is 5.73 Å². The zero-order valence-electron chi connectivity index (χ0n) is 9.30. The molecule has 1 aliphatic rings. The van der Waals surface area contributed by atoms with Crippen LogP contribution in [0.2, 0.25) is 0 Å². The third-order valence-electron chi connectivity index (χ3n) is 3.20. The van der Waals surface area contributed by atoms with Crippen LogP contribution in [0.1, 0.15) is 23.5 Å². The molecule has 3 N–H and O–H groups in total. The number of nitrogens with two attached hydrogens (primary N) is 1. The Bertz CT molecular complexity index is 372. The number of rotatable bonds is 1. The molecule has 0 aliphatic carbocycles. The molecule has 1 saturated heterocycles. The third kappa shape index (κ3) is 2.79. The van der Waals surface area contributed by atoms with Gasteiger partial charge in [0.05, 0.1) is 5.56 Å². The lowest BCUT2D eigenvalue weighted by atomic mass is 9.86. The van der Waals surface area contributed by atoms with Crippen LogP contribution in [0.4, 0.5) is 13.2 Å². The van der Waals surface area contributed by atoms with E-state index in [1.807, 2.05) is 0 Å². The van der Waals surface area contributed by atoms with Crippen LogP contribution in [0.15, 0.2) is 24.3 Å². The maximum absolute atomic E-state index is 12.4. The zero-order valence-corrected chi connectivity index (χ0v) is 9.30. The first-order chi connectivity index (χ1) is 7.98. The molecule has 1 heterocycles. The molecule has 17 heavy (non-hydrogen) atoms. The van der Waals surface area contributed by atoms with E-state index in [1.54, 1.807) is 12.1 Å². The summed E-state index contributed by atoms with van der Waals surface area (Å²) in [5, 5.41) is 3.16. The molecule has 2 nitrogen and oxygen atoms in total. The number of hydrogen-bond donors (Lipinski definition) is 2. The zero-order chi connectivity index (χ0) is 12.5. The Balaban J connectivity index is 2.17. The number of hydrogen-bond acceptors (Lipinski definition) is 2. The molecule has 0 unspecified atom stereocenters. The lowest BCUT2D eigenvalue weighted by molar-refractivity contribution is -0.137. The quantitative estimate of drug-likeness (QED) is 0.794. The summed E-state index contributed by atoms with van der Waals surface area (Å²) in [4.78, 5) is 0. The first-order valence-electron chi connectivity index (χ1n) is 5.62. The number of alkyl halides is 3. The van der Waals surface area contributed by atoms with Gasteiger partial charge in [-0.05, 0) is 30.7 Å². The van der Waals surface area contributed by atoms with Crippen molar-refractivity contribution >= 4 is 0 Å². The summed E-state index contributed by atoms with van der Waals surface area (Å²) < 4.78 is 37.2. The normalized spacial score (nSPS) is 25.9. The van der Waals surface area contributed by atoms with Gasteiger partial charge in [-0.2, -0.15) is 13.2 Å². The fraction of sp³-hybridized carbons (Fsp3) is 0.500. The van der Waals surface area contributed by atoms with Gasteiger partial charge in [-0.3, -0.25) is 0 Å². The maximum atomic E-state index is 12.4. The van der Waals surface area contributed by atoms with Crippen molar-refractivity contribution < 1.29 is 13.2 Å².